The normalized spacial score (nSPS) is 11.5. The van der Waals surface area contributed by atoms with Gasteiger partial charge in [0.05, 0.1) is 25.2 Å². The van der Waals surface area contributed by atoms with Crippen molar-refractivity contribution in [3.8, 4) is 0 Å². The van der Waals surface area contributed by atoms with Gasteiger partial charge in [0.15, 0.2) is 0 Å². The van der Waals surface area contributed by atoms with Crippen molar-refractivity contribution < 1.29 is 9.47 Å². The van der Waals surface area contributed by atoms with Crippen molar-refractivity contribution in [2.45, 2.75) is 34.6 Å². The summed E-state index contributed by atoms with van der Waals surface area (Å²) in [6.45, 7) is 10.5. The number of rotatable bonds is 3. The van der Waals surface area contributed by atoms with Crippen LogP contribution >= 0.6 is 0 Å². The van der Waals surface area contributed by atoms with Crippen LogP contribution in [0, 0.1) is 0 Å². The maximum atomic E-state index is 5.05. The summed E-state index contributed by atoms with van der Waals surface area (Å²) in [5.74, 6) is 1.97. The molecule has 0 rings (SSSR count). The molecule has 78 valence electrons. The quantitative estimate of drug-likeness (QED) is 0.628. The molecule has 0 saturated heterocycles. The molecule has 0 aromatic heterocycles. The maximum absolute atomic E-state index is 5.05. The van der Waals surface area contributed by atoms with Crippen LogP contribution in [0.5, 0.6) is 0 Å². The first-order chi connectivity index (χ1) is 6.12. The average Bonchev–Trinajstić information content (AvgIpc) is 2.18. The second-order valence-corrected chi connectivity index (χ2v) is 2.44. The SMILES string of the molecule is CC=C(C)OC.CC=C(C)OCC. The van der Waals surface area contributed by atoms with Crippen molar-refractivity contribution in [1.82, 2.24) is 0 Å². The van der Waals surface area contributed by atoms with Gasteiger partial charge in [0.2, 0.25) is 0 Å². The molecular formula is C11H22O2. The Kier molecular flexibility index (Phi) is 12.4. The van der Waals surface area contributed by atoms with E-state index < -0.39 is 0 Å². The molecule has 0 radical (unpaired) electrons. The highest BCUT2D eigenvalue weighted by molar-refractivity contribution is 4.83. The van der Waals surface area contributed by atoms with Gasteiger partial charge in [-0.3, -0.25) is 0 Å². The van der Waals surface area contributed by atoms with Crippen LogP contribution < -0.4 is 0 Å². The van der Waals surface area contributed by atoms with Crippen LogP contribution in [0.25, 0.3) is 0 Å². The molecule has 0 saturated carbocycles. The van der Waals surface area contributed by atoms with E-state index in [0.717, 1.165) is 18.1 Å². The Hall–Kier alpha value is -0.920. The predicted octanol–water partition coefficient (Wildman–Crippen LogP) is 3.50. The molecule has 0 bridgehead atoms. The molecule has 0 aliphatic carbocycles. The van der Waals surface area contributed by atoms with Crippen molar-refractivity contribution in [3.63, 3.8) is 0 Å². The minimum absolute atomic E-state index is 0.774. The molecule has 0 aromatic carbocycles. The highest BCUT2D eigenvalue weighted by Gasteiger charge is 1.77. The monoisotopic (exact) mass is 186 g/mol. The fourth-order valence-corrected chi connectivity index (χ4v) is 0.429. The van der Waals surface area contributed by atoms with Crippen LogP contribution in [0.3, 0.4) is 0 Å². The summed E-state index contributed by atoms with van der Waals surface area (Å²) < 4.78 is 9.81. The number of allylic oxidation sites excluding steroid dienone is 4. The summed E-state index contributed by atoms with van der Waals surface area (Å²) in [5.41, 5.74) is 0. The van der Waals surface area contributed by atoms with Crippen LogP contribution in [-0.4, -0.2) is 13.7 Å². The molecule has 0 spiro atoms. The summed E-state index contributed by atoms with van der Waals surface area (Å²) in [7, 11) is 1.66. The minimum Gasteiger partial charge on any atom is -0.502 e. The molecule has 0 aliphatic rings. The lowest BCUT2D eigenvalue weighted by Gasteiger charge is -1.98. The van der Waals surface area contributed by atoms with Gasteiger partial charge in [0, 0.05) is 0 Å². The second kappa shape index (κ2) is 11.1. The van der Waals surface area contributed by atoms with Crippen LogP contribution in [0.15, 0.2) is 23.7 Å². The molecule has 0 N–H and O–H groups in total. The molecule has 0 amide bonds. The Balaban J connectivity index is 0. The molecular weight excluding hydrogens is 164 g/mol. The van der Waals surface area contributed by atoms with Crippen molar-refractivity contribution in [1.29, 1.82) is 0 Å². The van der Waals surface area contributed by atoms with E-state index in [1.807, 2.05) is 46.8 Å². The molecule has 2 heteroatoms. The van der Waals surface area contributed by atoms with Crippen molar-refractivity contribution in [2.24, 2.45) is 0 Å². The van der Waals surface area contributed by atoms with Crippen LogP contribution in [0.2, 0.25) is 0 Å². The van der Waals surface area contributed by atoms with E-state index >= 15 is 0 Å². The first-order valence-electron chi connectivity index (χ1n) is 4.54. The third-order valence-electron chi connectivity index (χ3n) is 1.51. The van der Waals surface area contributed by atoms with E-state index in [1.165, 1.54) is 0 Å². The van der Waals surface area contributed by atoms with Gasteiger partial charge in [0.1, 0.15) is 0 Å². The van der Waals surface area contributed by atoms with E-state index in [-0.39, 0.29) is 0 Å². The van der Waals surface area contributed by atoms with Crippen molar-refractivity contribution in [2.75, 3.05) is 13.7 Å². The first-order valence-corrected chi connectivity index (χ1v) is 4.54. The molecule has 13 heavy (non-hydrogen) atoms. The van der Waals surface area contributed by atoms with Crippen LogP contribution in [-0.2, 0) is 9.47 Å². The topological polar surface area (TPSA) is 18.5 Å². The van der Waals surface area contributed by atoms with Crippen molar-refractivity contribution in [3.05, 3.63) is 23.7 Å². The lowest BCUT2D eigenvalue weighted by Crippen LogP contribution is -1.83. The fourth-order valence-electron chi connectivity index (χ4n) is 0.429. The van der Waals surface area contributed by atoms with Gasteiger partial charge in [-0.25, -0.2) is 0 Å². The van der Waals surface area contributed by atoms with Gasteiger partial charge in [-0.15, -0.1) is 0 Å². The van der Waals surface area contributed by atoms with E-state index in [0.29, 0.717) is 0 Å². The molecule has 0 atom stereocenters. The molecule has 0 unspecified atom stereocenters. The number of methoxy groups -OCH3 is 1. The van der Waals surface area contributed by atoms with Gasteiger partial charge < -0.3 is 9.47 Å². The number of hydrogen-bond donors (Lipinski definition) is 0. The third-order valence-corrected chi connectivity index (χ3v) is 1.51. The van der Waals surface area contributed by atoms with Gasteiger partial charge in [-0.05, 0) is 34.6 Å². The zero-order valence-electron chi connectivity index (χ0n) is 9.68. The largest absolute Gasteiger partial charge is 0.502 e. The highest BCUT2D eigenvalue weighted by atomic mass is 16.5. The lowest BCUT2D eigenvalue weighted by molar-refractivity contribution is 0.231. The maximum Gasteiger partial charge on any atom is 0.0886 e. The molecule has 0 aliphatic heterocycles. The Labute approximate surface area is 82.2 Å². The second-order valence-electron chi connectivity index (χ2n) is 2.44. The summed E-state index contributed by atoms with van der Waals surface area (Å²) in [5, 5.41) is 0. The Morgan fingerprint density at radius 1 is 1.08 bits per heavy atom. The minimum atomic E-state index is 0.774. The van der Waals surface area contributed by atoms with Gasteiger partial charge >= 0.3 is 0 Å². The molecule has 2 nitrogen and oxygen atoms in total. The van der Waals surface area contributed by atoms with Crippen LogP contribution in [0.1, 0.15) is 34.6 Å². The third kappa shape index (κ3) is 14.0. The predicted molar refractivity (Wildman–Crippen MR) is 57.5 cm³/mol. The Morgan fingerprint density at radius 2 is 1.54 bits per heavy atom. The smallest absolute Gasteiger partial charge is 0.0886 e. The fraction of sp³-hybridized carbons (Fsp3) is 0.636. The summed E-state index contributed by atoms with van der Waals surface area (Å²) in [6.07, 6.45) is 3.86. The zero-order valence-corrected chi connectivity index (χ0v) is 9.68. The summed E-state index contributed by atoms with van der Waals surface area (Å²) in [4.78, 5) is 0. The Bertz CT molecular complexity index is 157. The molecule has 0 heterocycles. The number of ether oxygens (including phenoxy) is 2. The molecule has 0 aromatic rings. The molecule has 0 fully saturated rings. The van der Waals surface area contributed by atoms with Gasteiger partial charge in [0.25, 0.3) is 0 Å². The van der Waals surface area contributed by atoms with E-state index in [9.17, 15) is 0 Å². The van der Waals surface area contributed by atoms with E-state index in [2.05, 4.69) is 0 Å². The van der Waals surface area contributed by atoms with Gasteiger partial charge in [-0.2, -0.15) is 0 Å². The van der Waals surface area contributed by atoms with Crippen molar-refractivity contribution >= 4 is 0 Å². The first kappa shape index (κ1) is 14.6. The average molecular weight is 186 g/mol. The highest BCUT2D eigenvalue weighted by Crippen LogP contribution is 1.91. The standard InChI is InChI=1S/C6H12O.C5H10O/c1-4-6(3)7-5-2;1-4-5(2)6-3/h4H,5H2,1-3H3;4H,1-3H3. The number of hydrogen-bond acceptors (Lipinski definition) is 2. The Morgan fingerprint density at radius 3 is 1.62 bits per heavy atom. The van der Waals surface area contributed by atoms with E-state index in [4.69, 9.17) is 9.47 Å². The van der Waals surface area contributed by atoms with E-state index in [1.54, 1.807) is 7.11 Å². The van der Waals surface area contributed by atoms with Crippen LogP contribution in [0.4, 0.5) is 0 Å². The summed E-state index contributed by atoms with van der Waals surface area (Å²) >= 11 is 0. The zero-order chi connectivity index (χ0) is 10.7. The lowest BCUT2D eigenvalue weighted by atomic mass is 10.5. The summed E-state index contributed by atoms with van der Waals surface area (Å²) in [6, 6.07) is 0. The van der Waals surface area contributed by atoms with Gasteiger partial charge in [-0.1, -0.05) is 12.2 Å².